The lowest BCUT2D eigenvalue weighted by Crippen LogP contribution is -2.44. The van der Waals surface area contributed by atoms with Crippen LogP contribution >= 0.6 is 0 Å². The quantitative estimate of drug-likeness (QED) is 0.521. The van der Waals surface area contributed by atoms with Crippen LogP contribution in [0.2, 0.25) is 0 Å². The number of rotatable bonds is 5. The van der Waals surface area contributed by atoms with E-state index in [2.05, 4.69) is 6.92 Å². The zero-order valence-electron chi connectivity index (χ0n) is 16.2. The highest BCUT2D eigenvalue weighted by molar-refractivity contribution is 5.74. The molecule has 5 nitrogen and oxygen atoms in total. The van der Waals surface area contributed by atoms with Gasteiger partial charge < -0.3 is 14.2 Å². The normalized spacial score (nSPS) is 29.4. The molecule has 4 atom stereocenters. The van der Waals surface area contributed by atoms with E-state index in [1.165, 1.54) is 19.3 Å². The van der Waals surface area contributed by atoms with Crippen molar-refractivity contribution in [1.82, 2.24) is 0 Å². The van der Waals surface area contributed by atoms with Crippen LogP contribution in [0, 0.1) is 17.8 Å². The highest BCUT2D eigenvalue weighted by Gasteiger charge is 2.44. The Balaban J connectivity index is 2.02. The predicted octanol–water partition coefficient (Wildman–Crippen LogP) is 4.87. The zero-order valence-corrected chi connectivity index (χ0v) is 16.2. The predicted molar refractivity (Wildman–Crippen MR) is 95.1 cm³/mol. The molecule has 0 aromatic rings. The van der Waals surface area contributed by atoms with Gasteiger partial charge in [-0.1, -0.05) is 39.0 Å². The SMILES string of the molecule is CCCCOC(=O)C1CC2CCCCC2CC1OC(=O)OC(C)(C)C. The molecule has 2 fully saturated rings. The summed E-state index contributed by atoms with van der Waals surface area (Å²) in [4.78, 5) is 24.7. The molecule has 0 spiro atoms. The van der Waals surface area contributed by atoms with Gasteiger partial charge in [0, 0.05) is 0 Å². The van der Waals surface area contributed by atoms with Crippen LogP contribution in [0.4, 0.5) is 4.79 Å². The van der Waals surface area contributed by atoms with Gasteiger partial charge in [0.2, 0.25) is 0 Å². The highest BCUT2D eigenvalue weighted by Crippen LogP contribution is 2.44. The van der Waals surface area contributed by atoms with Crippen molar-refractivity contribution in [3.05, 3.63) is 0 Å². The lowest BCUT2D eigenvalue weighted by molar-refractivity contribution is -0.159. The second-order valence-corrected chi connectivity index (χ2v) is 8.52. The van der Waals surface area contributed by atoms with Crippen molar-refractivity contribution in [2.24, 2.45) is 17.8 Å². The molecule has 2 aliphatic carbocycles. The minimum absolute atomic E-state index is 0.217. The average molecular weight is 354 g/mol. The largest absolute Gasteiger partial charge is 0.509 e. The maximum atomic E-state index is 12.6. The first kappa shape index (κ1) is 20.1. The molecule has 0 aromatic carbocycles. The van der Waals surface area contributed by atoms with Gasteiger partial charge in [0.25, 0.3) is 0 Å². The molecule has 0 radical (unpaired) electrons. The first-order chi connectivity index (χ1) is 11.8. The molecule has 0 heterocycles. The van der Waals surface area contributed by atoms with Gasteiger partial charge >= 0.3 is 12.1 Å². The number of ether oxygens (including phenoxy) is 3. The fourth-order valence-electron chi connectivity index (χ4n) is 4.05. The Morgan fingerprint density at radius 1 is 1.04 bits per heavy atom. The van der Waals surface area contributed by atoms with Crippen LogP contribution in [0.5, 0.6) is 0 Å². The standard InChI is InChI=1S/C20H34O5/c1-5-6-11-23-18(21)16-12-14-9-7-8-10-15(14)13-17(16)24-19(22)25-20(2,3)4/h14-17H,5-13H2,1-4H3. The lowest BCUT2D eigenvalue weighted by atomic mass is 9.66. The first-order valence-electron chi connectivity index (χ1n) is 9.86. The smallest absolute Gasteiger partial charge is 0.465 e. The average Bonchev–Trinajstić information content (AvgIpc) is 2.52. The summed E-state index contributed by atoms with van der Waals surface area (Å²) in [5.41, 5.74) is -0.601. The third kappa shape index (κ3) is 6.19. The molecular formula is C20H34O5. The molecule has 4 unspecified atom stereocenters. The minimum atomic E-state index is -0.682. The van der Waals surface area contributed by atoms with Crippen LogP contribution in [0.3, 0.4) is 0 Å². The van der Waals surface area contributed by atoms with Crippen molar-refractivity contribution < 1.29 is 23.8 Å². The van der Waals surface area contributed by atoms with Crippen LogP contribution in [-0.4, -0.2) is 30.4 Å². The summed E-state index contributed by atoms with van der Waals surface area (Å²) in [5.74, 6) is 0.520. The van der Waals surface area contributed by atoms with Gasteiger partial charge in [-0.25, -0.2) is 4.79 Å². The molecule has 0 aromatic heterocycles. The Labute approximate surface area is 151 Å². The van der Waals surface area contributed by atoms with Crippen LogP contribution in [0.25, 0.3) is 0 Å². The van der Waals surface area contributed by atoms with E-state index < -0.39 is 17.9 Å². The topological polar surface area (TPSA) is 61.8 Å². The Morgan fingerprint density at radius 2 is 1.68 bits per heavy atom. The van der Waals surface area contributed by atoms with Gasteiger partial charge in [0.1, 0.15) is 11.7 Å². The van der Waals surface area contributed by atoms with Crippen molar-refractivity contribution in [3.8, 4) is 0 Å². The summed E-state index contributed by atoms with van der Waals surface area (Å²) >= 11 is 0. The van der Waals surface area contributed by atoms with Crippen LogP contribution in [0.1, 0.15) is 79.1 Å². The van der Waals surface area contributed by atoms with Crippen LogP contribution < -0.4 is 0 Å². The third-order valence-electron chi connectivity index (χ3n) is 5.29. The van der Waals surface area contributed by atoms with Gasteiger partial charge in [-0.05, 0) is 51.9 Å². The van der Waals surface area contributed by atoms with Crippen molar-refractivity contribution in [2.45, 2.75) is 90.8 Å². The summed E-state index contributed by atoms with van der Waals surface area (Å²) in [6.07, 6.45) is 7.05. The molecule has 0 bridgehead atoms. The highest BCUT2D eigenvalue weighted by atomic mass is 16.7. The summed E-state index contributed by atoms with van der Waals surface area (Å²) in [7, 11) is 0. The second kappa shape index (κ2) is 8.91. The van der Waals surface area contributed by atoms with Crippen molar-refractivity contribution in [2.75, 3.05) is 6.61 Å². The van der Waals surface area contributed by atoms with E-state index in [0.29, 0.717) is 18.4 Å². The number of unbranched alkanes of at least 4 members (excludes halogenated alkanes) is 1. The summed E-state index contributed by atoms with van der Waals surface area (Å²) in [6, 6.07) is 0. The maximum Gasteiger partial charge on any atom is 0.509 e. The van der Waals surface area contributed by atoms with Gasteiger partial charge in [0.15, 0.2) is 0 Å². The summed E-state index contributed by atoms with van der Waals surface area (Å²) in [5, 5.41) is 0. The number of hydrogen-bond acceptors (Lipinski definition) is 5. The first-order valence-corrected chi connectivity index (χ1v) is 9.86. The molecule has 144 valence electrons. The van der Waals surface area contributed by atoms with Crippen LogP contribution in [-0.2, 0) is 19.0 Å². The molecule has 0 amide bonds. The number of fused-ring (bicyclic) bond motifs is 1. The molecule has 5 heteroatoms. The number of esters is 1. The molecular weight excluding hydrogens is 320 g/mol. The Morgan fingerprint density at radius 3 is 2.28 bits per heavy atom. The second-order valence-electron chi connectivity index (χ2n) is 8.52. The van der Waals surface area contributed by atoms with E-state index >= 15 is 0 Å². The minimum Gasteiger partial charge on any atom is -0.465 e. The van der Waals surface area contributed by atoms with Gasteiger partial charge in [-0.2, -0.15) is 0 Å². The number of carbonyl (C=O) groups is 2. The van der Waals surface area contributed by atoms with E-state index in [1.807, 2.05) is 20.8 Å². The molecule has 25 heavy (non-hydrogen) atoms. The molecule has 2 saturated carbocycles. The van der Waals surface area contributed by atoms with Crippen LogP contribution in [0.15, 0.2) is 0 Å². The van der Waals surface area contributed by atoms with Gasteiger partial charge in [-0.3, -0.25) is 4.79 Å². The molecule has 0 saturated heterocycles. The van der Waals surface area contributed by atoms with Crippen molar-refractivity contribution in [3.63, 3.8) is 0 Å². The Hall–Kier alpha value is -1.26. The fourth-order valence-corrected chi connectivity index (χ4v) is 4.05. The van der Waals surface area contributed by atoms with Gasteiger partial charge in [0.05, 0.1) is 12.5 Å². The molecule has 2 aliphatic rings. The zero-order chi connectivity index (χ0) is 18.4. The lowest BCUT2D eigenvalue weighted by Gasteiger charge is -2.42. The molecule has 0 N–H and O–H groups in total. The maximum absolute atomic E-state index is 12.6. The summed E-state index contributed by atoms with van der Waals surface area (Å²) < 4.78 is 16.3. The van der Waals surface area contributed by atoms with Gasteiger partial charge in [-0.15, -0.1) is 0 Å². The monoisotopic (exact) mass is 354 g/mol. The molecule has 0 aliphatic heterocycles. The fraction of sp³-hybridized carbons (Fsp3) is 0.900. The van der Waals surface area contributed by atoms with E-state index in [-0.39, 0.29) is 11.9 Å². The molecule has 2 rings (SSSR count). The Kier molecular flexibility index (Phi) is 7.14. The van der Waals surface area contributed by atoms with E-state index in [9.17, 15) is 9.59 Å². The third-order valence-corrected chi connectivity index (χ3v) is 5.29. The van der Waals surface area contributed by atoms with E-state index in [0.717, 1.165) is 32.1 Å². The van der Waals surface area contributed by atoms with Crippen molar-refractivity contribution >= 4 is 12.1 Å². The van der Waals surface area contributed by atoms with Crippen molar-refractivity contribution in [1.29, 1.82) is 0 Å². The number of hydrogen-bond donors (Lipinski definition) is 0. The summed E-state index contributed by atoms with van der Waals surface area (Å²) in [6.45, 7) is 7.93. The number of carbonyl (C=O) groups excluding carboxylic acids is 2. The van der Waals surface area contributed by atoms with E-state index in [4.69, 9.17) is 14.2 Å². The Bertz CT molecular complexity index is 453. The van der Waals surface area contributed by atoms with E-state index in [1.54, 1.807) is 0 Å².